The maximum absolute atomic E-state index is 12.6. The van der Waals surface area contributed by atoms with Crippen LogP contribution in [0.2, 0.25) is 0 Å². The Morgan fingerprint density at radius 2 is 2.13 bits per heavy atom. The summed E-state index contributed by atoms with van der Waals surface area (Å²) in [6, 6.07) is 6.13. The van der Waals surface area contributed by atoms with Crippen LogP contribution in [0.15, 0.2) is 39.8 Å². The van der Waals surface area contributed by atoms with Crippen molar-refractivity contribution in [1.82, 2.24) is 10.3 Å². The summed E-state index contributed by atoms with van der Waals surface area (Å²) in [5, 5.41) is 2.63. The van der Waals surface area contributed by atoms with Crippen LogP contribution in [0.3, 0.4) is 0 Å². The van der Waals surface area contributed by atoms with Crippen molar-refractivity contribution in [3.63, 3.8) is 0 Å². The van der Waals surface area contributed by atoms with Gasteiger partial charge in [0.1, 0.15) is 10.6 Å². The van der Waals surface area contributed by atoms with Crippen LogP contribution >= 0.6 is 15.9 Å². The fourth-order valence-corrected chi connectivity index (χ4v) is 3.96. The van der Waals surface area contributed by atoms with Crippen molar-refractivity contribution in [2.24, 2.45) is 0 Å². The minimum atomic E-state index is -3.89. The highest BCUT2D eigenvalue weighted by Crippen LogP contribution is 2.29. The van der Waals surface area contributed by atoms with Crippen LogP contribution in [0, 0.1) is 0 Å². The minimum absolute atomic E-state index is 0.0145. The molecule has 0 saturated heterocycles. The monoisotopic (exact) mass is 397 g/mol. The molecule has 23 heavy (non-hydrogen) atoms. The number of benzene rings is 1. The van der Waals surface area contributed by atoms with Gasteiger partial charge in [0.15, 0.2) is 0 Å². The fraction of sp³-hybridized carbons (Fsp3) is 0.143. The summed E-state index contributed by atoms with van der Waals surface area (Å²) in [7, 11) is -2.50. The number of carbonyl (C=O) groups excluding carboxylic acids is 1. The molecule has 120 valence electrons. The number of amides is 1. The molecule has 1 aromatic heterocycles. The standard InChI is InChI=1S/C14H12BrN3O4S/c1-22-12-3-2-8(15)4-13(12)23(20,21)18-9-5-10-11(16-6-9)7-17-14(10)19/h2-6,18H,7H2,1H3,(H,17,19). The summed E-state index contributed by atoms with van der Waals surface area (Å²) in [6.45, 7) is 0.348. The molecule has 7 nitrogen and oxygen atoms in total. The Labute approximate surface area is 141 Å². The Kier molecular flexibility index (Phi) is 3.99. The van der Waals surface area contributed by atoms with E-state index >= 15 is 0 Å². The first kappa shape index (κ1) is 15.8. The van der Waals surface area contributed by atoms with E-state index in [-0.39, 0.29) is 22.2 Å². The third kappa shape index (κ3) is 3.02. The average molecular weight is 398 g/mol. The van der Waals surface area contributed by atoms with Gasteiger partial charge in [-0.2, -0.15) is 0 Å². The first-order chi connectivity index (χ1) is 10.9. The number of pyridine rings is 1. The van der Waals surface area contributed by atoms with E-state index in [9.17, 15) is 13.2 Å². The van der Waals surface area contributed by atoms with Gasteiger partial charge in [0.25, 0.3) is 15.9 Å². The van der Waals surface area contributed by atoms with Gasteiger partial charge in [-0.05, 0) is 24.3 Å². The van der Waals surface area contributed by atoms with E-state index in [2.05, 4.69) is 31.0 Å². The first-order valence-corrected chi connectivity index (χ1v) is 8.82. The molecule has 1 aliphatic heterocycles. The molecular weight excluding hydrogens is 386 g/mol. The van der Waals surface area contributed by atoms with E-state index in [1.165, 1.54) is 25.4 Å². The predicted molar refractivity (Wildman–Crippen MR) is 86.9 cm³/mol. The van der Waals surface area contributed by atoms with Crippen LogP contribution in [0.25, 0.3) is 0 Å². The van der Waals surface area contributed by atoms with Crippen molar-refractivity contribution in [3.8, 4) is 5.75 Å². The molecule has 3 rings (SSSR count). The van der Waals surface area contributed by atoms with Crippen molar-refractivity contribution in [1.29, 1.82) is 0 Å². The Hall–Kier alpha value is -2.13. The summed E-state index contributed by atoms with van der Waals surface area (Å²) in [4.78, 5) is 15.7. The van der Waals surface area contributed by atoms with Crippen molar-refractivity contribution in [2.45, 2.75) is 11.4 Å². The lowest BCUT2D eigenvalue weighted by molar-refractivity contribution is 0.0966. The van der Waals surface area contributed by atoms with Crippen molar-refractivity contribution in [2.75, 3.05) is 11.8 Å². The maximum Gasteiger partial charge on any atom is 0.265 e. The molecule has 0 aliphatic carbocycles. The number of nitrogens with one attached hydrogen (secondary N) is 2. The summed E-state index contributed by atoms with van der Waals surface area (Å²) < 4.78 is 33.3. The Morgan fingerprint density at radius 1 is 1.35 bits per heavy atom. The molecule has 0 radical (unpaired) electrons. The molecule has 0 bridgehead atoms. The number of carbonyl (C=O) groups is 1. The lowest BCUT2D eigenvalue weighted by Gasteiger charge is -2.12. The highest BCUT2D eigenvalue weighted by atomic mass is 79.9. The molecule has 1 aliphatic rings. The Bertz CT molecular complexity index is 899. The van der Waals surface area contributed by atoms with Crippen LogP contribution < -0.4 is 14.8 Å². The molecule has 9 heteroatoms. The van der Waals surface area contributed by atoms with Crippen molar-refractivity contribution < 1.29 is 17.9 Å². The van der Waals surface area contributed by atoms with Gasteiger partial charge in [0.05, 0.1) is 36.8 Å². The van der Waals surface area contributed by atoms with E-state index in [1.54, 1.807) is 12.1 Å². The van der Waals surface area contributed by atoms with Gasteiger partial charge in [0, 0.05) is 4.47 Å². The summed E-state index contributed by atoms with van der Waals surface area (Å²) >= 11 is 3.24. The van der Waals surface area contributed by atoms with Crippen LogP contribution in [0.4, 0.5) is 5.69 Å². The SMILES string of the molecule is COc1ccc(Br)cc1S(=O)(=O)Nc1cnc2c(c1)C(=O)NC2. The largest absolute Gasteiger partial charge is 0.495 e. The predicted octanol–water partition coefficient (Wildman–Crippen LogP) is 1.90. The van der Waals surface area contributed by atoms with Gasteiger partial charge in [-0.25, -0.2) is 8.42 Å². The molecule has 1 amide bonds. The number of halogens is 1. The second-order valence-electron chi connectivity index (χ2n) is 4.80. The number of aromatic nitrogens is 1. The van der Waals surface area contributed by atoms with E-state index in [4.69, 9.17) is 4.74 Å². The highest BCUT2D eigenvalue weighted by molar-refractivity contribution is 9.10. The minimum Gasteiger partial charge on any atom is -0.495 e. The number of anilines is 1. The topological polar surface area (TPSA) is 97.4 Å². The molecular formula is C14H12BrN3O4S. The maximum atomic E-state index is 12.6. The smallest absolute Gasteiger partial charge is 0.265 e. The number of methoxy groups -OCH3 is 1. The molecule has 0 fully saturated rings. The Morgan fingerprint density at radius 3 is 2.87 bits per heavy atom. The molecule has 0 unspecified atom stereocenters. The van der Waals surface area contributed by atoms with E-state index < -0.39 is 10.0 Å². The number of nitrogens with zero attached hydrogens (tertiary/aromatic N) is 1. The van der Waals surface area contributed by atoms with Gasteiger partial charge in [-0.15, -0.1) is 0 Å². The molecule has 0 spiro atoms. The third-order valence-electron chi connectivity index (χ3n) is 3.30. The van der Waals surface area contributed by atoms with Gasteiger partial charge in [0.2, 0.25) is 0 Å². The van der Waals surface area contributed by atoms with Gasteiger partial charge >= 0.3 is 0 Å². The van der Waals surface area contributed by atoms with Crippen LogP contribution in [-0.2, 0) is 16.6 Å². The van der Waals surface area contributed by atoms with Gasteiger partial charge in [-0.1, -0.05) is 15.9 Å². The van der Waals surface area contributed by atoms with E-state index in [0.29, 0.717) is 22.3 Å². The summed E-state index contributed by atoms with van der Waals surface area (Å²) in [5.74, 6) is -0.0545. The molecule has 2 heterocycles. The number of fused-ring (bicyclic) bond motifs is 1. The number of ether oxygens (including phenoxy) is 1. The van der Waals surface area contributed by atoms with Crippen molar-refractivity contribution in [3.05, 3.63) is 46.2 Å². The van der Waals surface area contributed by atoms with E-state index in [0.717, 1.165) is 0 Å². The zero-order valence-corrected chi connectivity index (χ0v) is 14.4. The second kappa shape index (κ2) is 5.82. The highest BCUT2D eigenvalue weighted by Gasteiger charge is 2.24. The summed E-state index contributed by atoms with van der Waals surface area (Å²) in [6.07, 6.45) is 1.38. The normalized spacial score (nSPS) is 13.4. The average Bonchev–Trinajstić information content (AvgIpc) is 2.88. The second-order valence-corrected chi connectivity index (χ2v) is 7.37. The molecule has 0 saturated carbocycles. The van der Waals surface area contributed by atoms with Crippen LogP contribution in [-0.4, -0.2) is 26.4 Å². The number of hydrogen-bond donors (Lipinski definition) is 2. The summed E-state index contributed by atoms with van der Waals surface area (Å²) in [5.41, 5.74) is 1.17. The van der Waals surface area contributed by atoms with Gasteiger partial charge < -0.3 is 10.1 Å². The number of hydrogen-bond acceptors (Lipinski definition) is 5. The molecule has 2 N–H and O–H groups in total. The third-order valence-corrected chi connectivity index (χ3v) is 5.19. The molecule has 2 aromatic rings. The van der Waals surface area contributed by atoms with Gasteiger partial charge in [-0.3, -0.25) is 14.5 Å². The molecule has 1 aromatic carbocycles. The lowest BCUT2D eigenvalue weighted by Crippen LogP contribution is -2.15. The fourth-order valence-electron chi connectivity index (χ4n) is 2.22. The first-order valence-electron chi connectivity index (χ1n) is 6.54. The zero-order valence-electron chi connectivity index (χ0n) is 12.0. The van der Waals surface area contributed by atoms with E-state index in [1.807, 2.05) is 0 Å². The van der Waals surface area contributed by atoms with Crippen LogP contribution in [0.5, 0.6) is 5.75 Å². The number of rotatable bonds is 4. The van der Waals surface area contributed by atoms with Crippen molar-refractivity contribution >= 4 is 37.5 Å². The Balaban J connectivity index is 1.98. The van der Waals surface area contributed by atoms with Crippen LogP contribution in [0.1, 0.15) is 16.1 Å². The molecule has 0 atom stereocenters. The zero-order chi connectivity index (χ0) is 16.6. The lowest BCUT2D eigenvalue weighted by atomic mass is 10.2. The quantitative estimate of drug-likeness (QED) is 0.820. The number of sulfonamides is 1.